The highest BCUT2D eigenvalue weighted by Gasteiger charge is 2.24. The van der Waals surface area contributed by atoms with Gasteiger partial charge in [0, 0.05) is 31.0 Å². The third-order valence-electron chi connectivity index (χ3n) is 2.41. The second-order valence-electron chi connectivity index (χ2n) is 4.28. The van der Waals surface area contributed by atoms with E-state index in [1.165, 1.54) is 4.57 Å². The lowest BCUT2D eigenvalue weighted by molar-refractivity contribution is 0.597. The molecular formula is C11H14N4OS. The molecule has 0 amide bonds. The molecule has 2 aromatic heterocycles. The zero-order valence-electron chi connectivity index (χ0n) is 9.97. The summed E-state index contributed by atoms with van der Waals surface area (Å²) in [6.07, 6.45) is 4.98. The molecule has 0 saturated heterocycles. The molecule has 0 radical (unpaired) electrons. The number of nitrogens with zero attached hydrogens (tertiary/aromatic N) is 3. The van der Waals surface area contributed by atoms with Gasteiger partial charge in [-0.25, -0.2) is 9.97 Å². The van der Waals surface area contributed by atoms with Crippen LogP contribution in [0.3, 0.4) is 0 Å². The van der Waals surface area contributed by atoms with E-state index in [1.54, 1.807) is 37.0 Å². The van der Waals surface area contributed by atoms with E-state index < -0.39 is 5.54 Å². The van der Waals surface area contributed by atoms with Gasteiger partial charge in [0.25, 0.3) is 5.56 Å². The van der Waals surface area contributed by atoms with E-state index in [0.717, 1.165) is 5.01 Å². The Hall–Kier alpha value is -1.69. The number of aryl methyl sites for hydroxylation is 1. The van der Waals surface area contributed by atoms with Gasteiger partial charge < -0.3 is 9.88 Å². The minimum Gasteiger partial charge on any atom is -0.354 e. The molecule has 2 aromatic rings. The lowest BCUT2D eigenvalue weighted by Gasteiger charge is -2.24. The van der Waals surface area contributed by atoms with Crippen LogP contribution in [0.15, 0.2) is 28.8 Å². The van der Waals surface area contributed by atoms with Crippen molar-refractivity contribution in [2.75, 3.05) is 5.32 Å². The fourth-order valence-electron chi connectivity index (χ4n) is 1.47. The second-order valence-corrected chi connectivity index (χ2v) is 5.17. The molecule has 0 aromatic carbocycles. The summed E-state index contributed by atoms with van der Waals surface area (Å²) in [5.41, 5.74) is -0.550. The van der Waals surface area contributed by atoms with Gasteiger partial charge in [-0.15, -0.1) is 11.3 Å². The summed E-state index contributed by atoms with van der Waals surface area (Å²) in [7, 11) is 1.70. The second kappa shape index (κ2) is 4.29. The molecule has 17 heavy (non-hydrogen) atoms. The zero-order valence-corrected chi connectivity index (χ0v) is 10.8. The van der Waals surface area contributed by atoms with Crippen molar-refractivity contribution in [3.8, 4) is 0 Å². The predicted molar refractivity (Wildman–Crippen MR) is 68.2 cm³/mol. The quantitative estimate of drug-likeness (QED) is 0.898. The van der Waals surface area contributed by atoms with E-state index in [9.17, 15) is 4.79 Å². The summed E-state index contributed by atoms with van der Waals surface area (Å²) in [5, 5.41) is 5.97. The molecular weight excluding hydrogens is 236 g/mol. The summed E-state index contributed by atoms with van der Waals surface area (Å²) < 4.78 is 1.49. The number of hydrogen-bond acceptors (Lipinski definition) is 5. The van der Waals surface area contributed by atoms with E-state index in [4.69, 9.17) is 0 Å². The Morgan fingerprint density at radius 3 is 2.76 bits per heavy atom. The van der Waals surface area contributed by atoms with Gasteiger partial charge in [-0.05, 0) is 13.8 Å². The molecule has 90 valence electrons. The molecule has 0 spiro atoms. The molecule has 1 N–H and O–H groups in total. The highest BCUT2D eigenvalue weighted by Crippen LogP contribution is 2.24. The number of thiazole rings is 1. The molecule has 0 atom stereocenters. The Balaban J connectivity index is 2.33. The minimum atomic E-state index is -0.408. The summed E-state index contributed by atoms with van der Waals surface area (Å²) in [6.45, 7) is 3.94. The SMILES string of the molecule is Cn1ccnc(NC(C)(C)c2nccs2)c1=O. The van der Waals surface area contributed by atoms with Crippen LogP contribution < -0.4 is 10.9 Å². The molecule has 0 aliphatic heterocycles. The van der Waals surface area contributed by atoms with Gasteiger partial charge in [-0.2, -0.15) is 0 Å². The topological polar surface area (TPSA) is 59.8 Å². The van der Waals surface area contributed by atoms with Crippen LogP contribution in [0.5, 0.6) is 0 Å². The Bertz CT molecular complexity index is 559. The summed E-state index contributed by atoms with van der Waals surface area (Å²) in [4.78, 5) is 20.2. The Morgan fingerprint density at radius 2 is 2.12 bits per heavy atom. The van der Waals surface area contributed by atoms with Crippen molar-refractivity contribution >= 4 is 17.2 Å². The van der Waals surface area contributed by atoms with Crippen LogP contribution in [0, 0.1) is 0 Å². The van der Waals surface area contributed by atoms with Gasteiger partial charge in [0.2, 0.25) is 0 Å². The molecule has 2 rings (SSSR count). The summed E-state index contributed by atoms with van der Waals surface area (Å²) in [6, 6.07) is 0. The Morgan fingerprint density at radius 1 is 1.35 bits per heavy atom. The molecule has 0 aliphatic carbocycles. The maximum absolute atomic E-state index is 11.8. The van der Waals surface area contributed by atoms with Crippen LogP contribution in [-0.2, 0) is 12.6 Å². The zero-order chi connectivity index (χ0) is 12.5. The fraction of sp³-hybridized carbons (Fsp3) is 0.364. The first-order valence-corrected chi connectivity index (χ1v) is 6.08. The molecule has 2 heterocycles. The van der Waals surface area contributed by atoms with E-state index in [-0.39, 0.29) is 5.56 Å². The fourth-order valence-corrected chi connectivity index (χ4v) is 2.18. The van der Waals surface area contributed by atoms with Crippen LogP contribution in [-0.4, -0.2) is 14.5 Å². The minimum absolute atomic E-state index is 0.142. The average Bonchev–Trinajstić information content (AvgIpc) is 2.78. The van der Waals surface area contributed by atoms with Gasteiger partial charge in [0.15, 0.2) is 5.82 Å². The lowest BCUT2D eigenvalue weighted by Crippen LogP contribution is -2.33. The summed E-state index contributed by atoms with van der Waals surface area (Å²) >= 11 is 1.55. The number of hydrogen-bond donors (Lipinski definition) is 1. The predicted octanol–water partition coefficient (Wildman–Crippen LogP) is 1.58. The van der Waals surface area contributed by atoms with Crippen LogP contribution in [0.1, 0.15) is 18.9 Å². The maximum atomic E-state index is 11.8. The molecule has 5 nitrogen and oxygen atoms in total. The Kier molecular flexibility index (Phi) is 2.97. The largest absolute Gasteiger partial charge is 0.354 e. The van der Waals surface area contributed by atoms with Crippen molar-refractivity contribution in [3.63, 3.8) is 0 Å². The molecule has 0 unspecified atom stereocenters. The van der Waals surface area contributed by atoms with Crippen molar-refractivity contribution in [2.24, 2.45) is 7.05 Å². The molecule has 6 heteroatoms. The molecule has 0 saturated carbocycles. The van der Waals surface area contributed by atoms with Crippen LogP contribution in [0.25, 0.3) is 0 Å². The average molecular weight is 250 g/mol. The van der Waals surface area contributed by atoms with Crippen molar-refractivity contribution in [3.05, 3.63) is 39.3 Å². The van der Waals surface area contributed by atoms with Crippen molar-refractivity contribution in [2.45, 2.75) is 19.4 Å². The van der Waals surface area contributed by atoms with Gasteiger partial charge in [-0.1, -0.05) is 0 Å². The third-order valence-corrected chi connectivity index (χ3v) is 3.51. The molecule has 0 fully saturated rings. The smallest absolute Gasteiger partial charge is 0.293 e. The third kappa shape index (κ3) is 2.36. The first-order chi connectivity index (χ1) is 8.00. The normalized spacial score (nSPS) is 11.5. The lowest BCUT2D eigenvalue weighted by atomic mass is 10.1. The van der Waals surface area contributed by atoms with Gasteiger partial charge in [0.1, 0.15) is 5.01 Å². The molecule has 0 bridgehead atoms. The van der Waals surface area contributed by atoms with Crippen LogP contribution in [0.2, 0.25) is 0 Å². The number of aromatic nitrogens is 3. The van der Waals surface area contributed by atoms with Crippen molar-refractivity contribution in [1.82, 2.24) is 14.5 Å². The van der Waals surface area contributed by atoms with Crippen LogP contribution >= 0.6 is 11.3 Å². The maximum Gasteiger partial charge on any atom is 0.293 e. The first-order valence-electron chi connectivity index (χ1n) is 5.20. The van der Waals surface area contributed by atoms with E-state index in [2.05, 4.69) is 15.3 Å². The monoisotopic (exact) mass is 250 g/mol. The van der Waals surface area contributed by atoms with Crippen LogP contribution in [0.4, 0.5) is 5.82 Å². The van der Waals surface area contributed by atoms with Gasteiger partial charge >= 0.3 is 0 Å². The highest BCUT2D eigenvalue weighted by molar-refractivity contribution is 7.09. The number of anilines is 1. The molecule has 0 aliphatic rings. The van der Waals surface area contributed by atoms with Crippen molar-refractivity contribution in [1.29, 1.82) is 0 Å². The van der Waals surface area contributed by atoms with E-state index in [0.29, 0.717) is 5.82 Å². The highest BCUT2D eigenvalue weighted by atomic mass is 32.1. The van der Waals surface area contributed by atoms with Crippen molar-refractivity contribution < 1.29 is 0 Å². The van der Waals surface area contributed by atoms with Gasteiger partial charge in [0.05, 0.1) is 5.54 Å². The number of rotatable bonds is 3. The van der Waals surface area contributed by atoms with Gasteiger partial charge in [-0.3, -0.25) is 4.79 Å². The Labute approximate surface area is 103 Å². The number of nitrogens with one attached hydrogen (secondary N) is 1. The first kappa shape index (κ1) is 11.8. The summed E-state index contributed by atoms with van der Waals surface area (Å²) in [5.74, 6) is 0.343. The standard InChI is InChI=1S/C11H14N4OS/c1-11(2,10-13-5-7-17-10)14-8-9(16)15(3)6-4-12-8/h4-7H,1-3H3,(H,12,14). The van der Waals surface area contributed by atoms with E-state index >= 15 is 0 Å². The van der Waals surface area contributed by atoms with E-state index in [1.807, 2.05) is 19.2 Å².